The van der Waals surface area contributed by atoms with Crippen LogP contribution >= 0.6 is 11.6 Å². The van der Waals surface area contributed by atoms with Gasteiger partial charge < -0.3 is 0 Å². The highest BCUT2D eigenvalue weighted by molar-refractivity contribution is 7.89. The molecule has 1 N–H and O–H groups in total. The maximum Gasteiger partial charge on any atom is 0.304 e. The number of halogens is 2. The van der Waals surface area contributed by atoms with Crippen molar-refractivity contribution in [3.63, 3.8) is 0 Å². The molecule has 0 radical (unpaired) electrons. The van der Waals surface area contributed by atoms with Crippen molar-refractivity contribution in [2.75, 3.05) is 5.88 Å². The lowest BCUT2D eigenvalue weighted by atomic mass is 10.3. The van der Waals surface area contributed by atoms with Crippen LogP contribution in [0.5, 0.6) is 0 Å². The monoisotopic (exact) mass is 296 g/mol. The molecular formula is C9H10ClFN2O4S. The predicted molar refractivity (Wildman–Crippen MR) is 63.6 cm³/mol. The lowest BCUT2D eigenvalue weighted by Crippen LogP contribution is -2.33. The average molecular weight is 297 g/mol. The van der Waals surface area contributed by atoms with Crippen LogP contribution in [0.25, 0.3) is 0 Å². The van der Waals surface area contributed by atoms with Crippen molar-refractivity contribution in [1.82, 2.24) is 4.72 Å². The average Bonchev–Trinajstić information content (AvgIpc) is 2.27. The molecule has 100 valence electrons. The molecule has 1 rings (SSSR count). The minimum absolute atomic E-state index is 0.0503. The standard InChI is InChI=1S/C9H10ClFN2O4S/c1-6(5-10)12-18(16,17)7-2-3-9(13(14)15)8(11)4-7/h2-4,6,12H,5H2,1H3. The Morgan fingerprint density at radius 2 is 2.17 bits per heavy atom. The predicted octanol–water partition coefficient (Wildman–Crippen LogP) is 1.64. The number of nitro groups is 1. The SMILES string of the molecule is CC(CCl)NS(=O)(=O)c1ccc([N+](=O)[O-])c(F)c1. The Morgan fingerprint density at radius 1 is 1.56 bits per heavy atom. The molecule has 9 heteroatoms. The van der Waals surface area contributed by atoms with Crippen LogP contribution in [0.2, 0.25) is 0 Å². The molecule has 0 bridgehead atoms. The molecule has 18 heavy (non-hydrogen) atoms. The maximum absolute atomic E-state index is 13.3. The number of hydrogen-bond donors (Lipinski definition) is 1. The number of hydrogen-bond acceptors (Lipinski definition) is 4. The Labute approximate surface area is 108 Å². The molecule has 0 aliphatic heterocycles. The van der Waals surface area contributed by atoms with Gasteiger partial charge in [-0.25, -0.2) is 13.1 Å². The molecule has 1 aromatic rings. The first kappa shape index (κ1) is 14.8. The molecule has 6 nitrogen and oxygen atoms in total. The lowest BCUT2D eigenvalue weighted by molar-refractivity contribution is -0.387. The second kappa shape index (κ2) is 5.59. The van der Waals surface area contributed by atoms with E-state index in [1.807, 2.05) is 0 Å². The molecule has 0 aliphatic rings. The van der Waals surface area contributed by atoms with Gasteiger partial charge in [0.05, 0.1) is 9.82 Å². The van der Waals surface area contributed by atoms with Crippen LogP contribution in [-0.2, 0) is 10.0 Å². The van der Waals surface area contributed by atoms with E-state index in [1.54, 1.807) is 0 Å². The summed E-state index contributed by atoms with van der Waals surface area (Å²) < 4.78 is 38.9. The zero-order valence-corrected chi connectivity index (χ0v) is 10.8. The second-order valence-corrected chi connectivity index (χ2v) is 5.57. The van der Waals surface area contributed by atoms with E-state index in [1.165, 1.54) is 6.92 Å². The van der Waals surface area contributed by atoms with Crippen molar-refractivity contribution in [3.8, 4) is 0 Å². The second-order valence-electron chi connectivity index (χ2n) is 3.55. The molecule has 1 aromatic carbocycles. The van der Waals surface area contributed by atoms with E-state index in [-0.39, 0.29) is 10.8 Å². The molecule has 0 saturated heterocycles. The van der Waals surface area contributed by atoms with Crippen LogP contribution in [0, 0.1) is 15.9 Å². The fourth-order valence-corrected chi connectivity index (χ4v) is 2.59. The number of rotatable bonds is 5. The van der Waals surface area contributed by atoms with Gasteiger partial charge in [-0.3, -0.25) is 10.1 Å². The van der Waals surface area contributed by atoms with Gasteiger partial charge in [-0.15, -0.1) is 11.6 Å². The molecular weight excluding hydrogens is 287 g/mol. The molecule has 1 unspecified atom stereocenters. The van der Waals surface area contributed by atoms with E-state index in [9.17, 15) is 22.9 Å². The highest BCUT2D eigenvalue weighted by Gasteiger charge is 2.21. The summed E-state index contributed by atoms with van der Waals surface area (Å²) in [6, 6.07) is 1.83. The van der Waals surface area contributed by atoms with E-state index in [4.69, 9.17) is 11.6 Å². The van der Waals surface area contributed by atoms with Gasteiger partial charge in [0.25, 0.3) is 0 Å². The minimum Gasteiger partial charge on any atom is -0.258 e. The Kier molecular flexibility index (Phi) is 4.60. The fraction of sp³-hybridized carbons (Fsp3) is 0.333. The third kappa shape index (κ3) is 3.37. The molecule has 1 atom stereocenters. The summed E-state index contributed by atoms with van der Waals surface area (Å²) in [4.78, 5) is 9.07. The number of alkyl halides is 1. The van der Waals surface area contributed by atoms with Crippen molar-refractivity contribution < 1.29 is 17.7 Å². The van der Waals surface area contributed by atoms with E-state index in [0.29, 0.717) is 6.07 Å². The van der Waals surface area contributed by atoms with Crippen LogP contribution in [0.1, 0.15) is 6.92 Å². The summed E-state index contributed by atoms with van der Waals surface area (Å²) in [6.45, 7) is 1.53. The van der Waals surface area contributed by atoms with Gasteiger partial charge in [0, 0.05) is 24.1 Å². The van der Waals surface area contributed by atoms with Crippen molar-refractivity contribution in [3.05, 3.63) is 34.1 Å². The van der Waals surface area contributed by atoms with Gasteiger partial charge in [-0.2, -0.15) is 4.39 Å². The van der Waals surface area contributed by atoms with Gasteiger partial charge in [0.15, 0.2) is 0 Å². The Balaban J connectivity index is 3.12. The highest BCUT2D eigenvalue weighted by atomic mass is 35.5. The fourth-order valence-electron chi connectivity index (χ4n) is 1.17. The Bertz CT molecular complexity index is 564. The molecule has 0 amide bonds. The van der Waals surface area contributed by atoms with E-state index < -0.39 is 32.5 Å². The first-order valence-corrected chi connectivity index (χ1v) is 6.82. The number of nitrogens with one attached hydrogen (secondary N) is 1. The van der Waals surface area contributed by atoms with Crippen LogP contribution < -0.4 is 4.72 Å². The maximum atomic E-state index is 13.3. The summed E-state index contributed by atoms with van der Waals surface area (Å²) in [7, 11) is -3.93. The number of benzene rings is 1. The normalized spacial score (nSPS) is 13.3. The lowest BCUT2D eigenvalue weighted by Gasteiger charge is -2.11. The largest absolute Gasteiger partial charge is 0.304 e. The first-order valence-electron chi connectivity index (χ1n) is 4.80. The number of nitrogens with zero attached hydrogens (tertiary/aromatic N) is 1. The van der Waals surface area contributed by atoms with Crippen LogP contribution in [0.3, 0.4) is 0 Å². The third-order valence-corrected chi connectivity index (χ3v) is 4.06. The molecule has 0 spiro atoms. The van der Waals surface area contributed by atoms with Crippen LogP contribution in [0.4, 0.5) is 10.1 Å². The zero-order valence-electron chi connectivity index (χ0n) is 9.26. The zero-order chi connectivity index (χ0) is 13.9. The molecule has 0 fully saturated rings. The van der Waals surface area contributed by atoms with Gasteiger partial charge in [-0.1, -0.05) is 0 Å². The van der Waals surface area contributed by atoms with Crippen molar-refractivity contribution in [1.29, 1.82) is 0 Å². The number of nitro benzene ring substituents is 1. The topological polar surface area (TPSA) is 89.3 Å². The van der Waals surface area contributed by atoms with Crippen molar-refractivity contribution in [2.24, 2.45) is 0 Å². The first-order chi connectivity index (χ1) is 8.27. The summed E-state index contributed by atoms with van der Waals surface area (Å²) in [6.07, 6.45) is 0. The van der Waals surface area contributed by atoms with E-state index in [2.05, 4.69) is 4.72 Å². The van der Waals surface area contributed by atoms with Crippen molar-refractivity contribution >= 4 is 27.3 Å². The summed E-state index contributed by atoms with van der Waals surface area (Å²) >= 11 is 5.45. The third-order valence-electron chi connectivity index (χ3n) is 2.01. The summed E-state index contributed by atoms with van der Waals surface area (Å²) in [5.41, 5.74) is -0.778. The Hall–Kier alpha value is -1.25. The number of sulfonamides is 1. The highest BCUT2D eigenvalue weighted by Crippen LogP contribution is 2.20. The van der Waals surface area contributed by atoms with Crippen LogP contribution in [-0.4, -0.2) is 25.3 Å². The smallest absolute Gasteiger partial charge is 0.258 e. The minimum atomic E-state index is -3.93. The summed E-state index contributed by atoms with van der Waals surface area (Å²) in [5.74, 6) is -1.16. The summed E-state index contributed by atoms with van der Waals surface area (Å²) in [5, 5.41) is 10.4. The van der Waals surface area contributed by atoms with Gasteiger partial charge in [-0.05, 0) is 13.0 Å². The Morgan fingerprint density at radius 3 is 2.61 bits per heavy atom. The van der Waals surface area contributed by atoms with Gasteiger partial charge in [0.1, 0.15) is 0 Å². The van der Waals surface area contributed by atoms with Gasteiger partial charge >= 0.3 is 5.69 Å². The van der Waals surface area contributed by atoms with E-state index >= 15 is 0 Å². The van der Waals surface area contributed by atoms with Crippen molar-refractivity contribution in [2.45, 2.75) is 17.9 Å². The molecule has 0 aromatic heterocycles. The molecule has 0 saturated carbocycles. The molecule has 0 aliphatic carbocycles. The quantitative estimate of drug-likeness (QED) is 0.508. The van der Waals surface area contributed by atoms with Gasteiger partial charge in [0.2, 0.25) is 15.8 Å². The molecule has 0 heterocycles. The van der Waals surface area contributed by atoms with Crippen LogP contribution in [0.15, 0.2) is 23.1 Å². The van der Waals surface area contributed by atoms with E-state index in [0.717, 1.165) is 12.1 Å².